The first kappa shape index (κ1) is 10.1. The second-order valence-corrected chi connectivity index (χ2v) is 4.00. The van der Waals surface area contributed by atoms with Gasteiger partial charge in [0, 0.05) is 18.2 Å². The fraction of sp³-hybridized carbons (Fsp3) is 0.455. The monoisotopic (exact) mass is 205 g/mol. The van der Waals surface area contributed by atoms with Crippen molar-refractivity contribution < 1.29 is 4.79 Å². The summed E-state index contributed by atoms with van der Waals surface area (Å²) in [5, 5.41) is 0. The number of hydrogen-bond donors (Lipinski definition) is 2. The van der Waals surface area contributed by atoms with Crippen LogP contribution >= 0.6 is 0 Å². The maximum atomic E-state index is 12.1. The molecule has 2 atom stereocenters. The zero-order valence-electron chi connectivity index (χ0n) is 8.52. The Bertz CT molecular complexity index is 378. The van der Waals surface area contributed by atoms with Crippen LogP contribution in [0.2, 0.25) is 0 Å². The summed E-state index contributed by atoms with van der Waals surface area (Å²) in [4.78, 5) is 16.0. The zero-order chi connectivity index (χ0) is 10.8. The summed E-state index contributed by atoms with van der Waals surface area (Å²) in [5.41, 5.74) is 12.1. The largest absolute Gasteiger partial charge is 0.383 e. The molecule has 0 saturated heterocycles. The van der Waals surface area contributed by atoms with Gasteiger partial charge >= 0.3 is 0 Å². The van der Waals surface area contributed by atoms with Gasteiger partial charge in [0.2, 0.25) is 0 Å². The van der Waals surface area contributed by atoms with E-state index in [-0.39, 0.29) is 17.7 Å². The molecule has 1 aliphatic rings. The lowest BCUT2D eigenvalue weighted by atomic mass is 9.94. The molecule has 2 rings (SSSR count). The summed E-state index contributed by atoms with van der Waals surface area (Å²) in [5.74, 6) is 0.281. The Morgan fingerprint density at radius 2 is 2.27 bits per heavy atom. The van der Waals surface area contributed by atoms with Crippen molar-refractivity contribution in [2.45, 2.75) is 25.3 Å². The van der Waals surface area contributed by atoms with Gasteiger partial charge in [-0.25, -0.2) is 4.98 Å². The number of nitrogens with two attached hydrogens (primary N) is 2. The molecule has 4 nitrogen and oxygen atoms in total. The molecule has 1 saturated carbocycles. The lowest BCUT2D eigenvalue weighted by Crippen LogP contribution is -2.31. The van der Waals surface area contributed by atoms with Crippen molar-refractivity contribution in [3.05, 3.63) is 23.9 Å². The molecule has 1 aliphatic carbocycles. The Kier molecular flexibility index (Phi) is 2.68. The lowest BCUT2D eigenvalue weighted by molar-refractivity contribution is 0.0914. The number of anilines is 1. The minimum atomic E-state index is -0.0727. The van der Waals surface area contributed by atoms with Gasteiger partial charge in [-0.3, -0.25) is 4.79 Å². The Labute approximate surface area is 88.7 Å². The second-order valence-electron chi connectivity index (χ2n) is 4.00. The summed E-state index contributed by atoms with van der Waals surface area (Å²) < 4.78 is 0. The summed E-state index contributed by atoms with van der Waals surface area (Å²) in [6, 6.07) is 3.43. The van der Waals surface area contributed by atoms with Gasteiger partial charge in [0.05, 0.1) is 5.56 Å². The third-order valence-corrected chi connectivity index (χ3v) is 3.01. The van der Waals surface area contributed by atoms with Gasteiger partial charge in [0.25, 0.3) is 0 Å². The third-order valence-electron chi connectivity index (χ3n) is 3.01. The second kappa shape index (κ2) is 3.98. The fourth-order valence-corrected chi connectivity index (χ4v) is 2.14. The standard InChI is InChI=1S/C11H15N3O/c12-9-5-1-3-7(9)10(15)8-4-2-6-14-11(8)13/h2,4,6-7,9H,1,3,5,12H2,(H2,13,14). The lowest BCUT2D eigenvalue weighted by Gasteiger charge is -2.14. The van der Waals surface area contributed by atoms with Gasteiger partial charge in [0.15, 0.2) is 5.78 Å². The minimum absolute atomic E-state index is 0.0166. The summed E-state index contributed by atoms with van der Waals surface area (Å²) in [6.45, 7) is 0. The van der Waals surface area contributed by atoms with E-state index in [2.05, 4.69) is 4.98 Å². The molecule has 1 fully saturated rings. The van der Waals surface area contributed by atoms with Crippen LogP contribution in [0.4, 0.5) is 5.82 Å². The van der Waals surface area contributed by atoms with Gasteiger partial charge in [-0.2, -0.15) is 0 Å². The molecule has 0 bridgehead atoms. The van der Waals surface area contributed by atoms with Crippen LogP contribution in [0.3, 0.4) is 0 Å². The van der Waals surface area contributed by atoms with Gasteiger partial charge < -0.3 is 11.5 Å². The first-order chi connectivity index (χ1) is 7.20. The first-order valence-electron chi connectivity index (χ1n) is 5.20. The molecular weight excluding hydrogens is 190 g/mol. The van der Waals surface area contributed by atoms with E-state index in [0.717, 1.165) is 19.3 Å². The quantitative estimate of drug-likeness (QED) is 0.705. The van der Waals surface area contributed by atoms with Gasteiger partial charge in [0.1, 0.15) is 5.82 Å². The molecule has 2 unspecified atom stereocenters. The number of aromatic nitrogens is 1. The molecule has 0 aliphatic heterocycles. The summed E-state index contributed by atoms with van der Waals surface area (Å²) in [7, 11) is 0. The number of nitrogens with zero attached hydrogens (tertiary/aromatic N) is 1. The van der Waals surface area contributed by atoms with Crippen LogP contribution in [0.1, 0.15) is 29.6 Å². The molecule has 4 heteroatoms. The van der Waals surface area contributed by atoms with Crippen LogP contribution in [0.15, 0.2) is 18.3 Å². The zero-order valence-corrected chi connectivity index (χ0v) is 8.52. The van der Waals surface area contributed by atoms with Crippen molar-refractivity contribution in [2.24, 2.45) is 11.7 Å². The maximum absolute atomic E-state index is 12.1. The average Bonchev–Trinajstić information content (AvgIpc) is 2.64. The molecule has 80 valence electrons. The third kappa shape index (κ3) is 1.85. The van der Waals surface area contributed by atoms with Gasteiger partial charge in [-0.15, -0.1) is 0 Å². The highest BCUT2D eigenvalue weighted by atomic mass is 16.1. The van der Waals surface area contributed by atoms with Crippen molar-refractivity contribution in [3.8, 4) is 0 Å². The SMILES string of the molecule is Nc1ncccc1C(=O)C1CCCC1N. The van der Waals surface area contributed by atoms with Gasteiger partial charge in [-0.05, 0) is 25.0 Å². The summed E-state index contributed by atoms with van der Waals surface area (Å²) in [6.07, 6.45) is 4.41. The van der Waals surface area contributed by atoms with E-state index in [0.29, 0.717) is 11.4 Å². The molecule has 0 spiro atoms. The molecule has 1 aromatic heterocycles. The number of Topliss-reactive ketones (excluding diaryl/α,β-unsaturated/α-hetero) is 1. The van der Waals surface area contributed by atoms with Crippen molar-refractivity contribution >= 4 is 11.6 Å². The number of ketones is 1. The van der Waals surface area contributed by atoms with E-state index in [1.807, 2.05) is 0 Å². The topological polar surface area (TPSA) is 82.0 Å². The molecule has 0 amide bonds. The number of carbonyl (C=O) groups excluding carboxylic acids is 1. The van der Waals surface area contributed by atoms with Crippen LogP contribution in [0.5, 0.6) is 0 Å². The molecule has 0 aromatic carbocycles. The van der Waals surface area contributed by atoms with E-state index >= 15 is 0 Å². The molecule has 0 radical (unpaired) electrons. The number of rotatable bonds is 2. The highest BCUT2D eigenvalue weighted by Gasteiger charge is 2.31. The van der Waals surface area contributed by atoms with Crippen molar-refractivity contribution in [3.63, 3.8) is 0 Å². The Morgan fingerprint density at radius 3 is 2.87 bits per heavy atom. The van der Waals surface area contributed by atoms with Crippen LogP contribution < -0.4 is 11.5 Å². The van der Waals surface area contributed by atoms with Crippen LogP contribution in [-0.4, -0.2) is 16.8 Å². The van der Waals surface area contributed by atoms with Crippen molar-refractivity contribution in [2.75, 3.05) is 5.73 Å². The Morgan fingerprint density at radius 1 is 1.47 bits per heavy atom. The molecule has 1 aromatic rings. The molecule has 15 heavy (non-hydrogen) atoms. The normalized spacial score (nSPS) is 25.4. The highest BCUT2D eigenvalue weighted by molar-refractivity contribution is 6.02. The summed E-state index contributed by atoms with van der Waals surface area (Å²) >= 11 is 0. The number of carbonyl (C=O) groups is 1. The Hall–Kier alpha value is -1.42. The molecule has 1 heterocycles. The van der Waals surface area contributed by atoms with Crippen molar-refractivity contribution in [1.29, 1.82) is 0 Å². The van der Waals surface area contributed by atoms with Crippen LogP contribution in [-0.2, 0) is 0 Å². The van der Waals surface area contributed by atoms with Crippen LogP contribution in [0, 0.1) is 5.92 Å². The Balaban J connectivity index is 2.24. The van der Waals surface area contributed by atoms with Crippen LogP contribution in [0.25, 0.3) is 0 Å². The predicted molar refractivity (Wildman–Crippen MR) is 58.3 cm³/mol. The van der Waals surface area contributed by atoms with Crippen molar-refractivity contribution in [1.82, 2.24) is 4.98 Å². The maximum Gasteiger partial charge on any atom is 0.171 e. The van der Waals surface area contributed by atoms with E-state index < -0.39 is 0 Å². The smallest absolute Gasteiger partial charge is 0.171 e. The van der Waals surface area contributed by atoms with E-state index in [4.69, 9.17) is 11.5 Å². The number of nitrogen functional groups attached to an aromatic ring is 1. The molecular formula is C11H15N3O. The fourth-order valence-electron chi connectivity index (χ4n) is 2.14. The number of hydrogen-bond acceptors (Lipinski definition) is 4. The predicted octanol–water partition coefficient (Wildman–Crippen LogP) is 0.974. The van der Waals surface area contributed by atoms with Gasteiger partial charge in [-0.1, -0.05) is 6.42 Å². The minimum Gasteiger partial charge on any atom is -0.383 e. The number of pyridine rings is 1. The van der Waals surface area contributed by atoms with E-state index in [9.17, 15) is 4.79 Å². The average molecular weight is 205 g/mol. The highest BCUT2D eigenvalue weighted by Crippen LogP contribution is 2.28. The first-order valence-corrected chi connectivity index (χ1v) is 5.20. The van der Waals surface area contributed by atoms with E-state index in [1.165, 1.54) is 0 Å². The molecule has 4 N–H and O–H groups in total. The van der Waals surface area contributed by atoms with E-state index in [1.54, 1.807) is 18.3 Å².